The SMILES string of the molecule is c1ccc(C2(c3ccccc3-c3ccccn3)CC2)cc1. The Hall–Kier alpha value is -2.41. The molecule has 4 rings (SSSR count). The average molecular weight is 271 g/mol. The van der Waals surface area contributed by atoms with Gasteiger partial charge >= 0.3 is 0 Å². The van der Waals surface area contributed by atoms with Crippen molar-refractivity contribution in [3.63, 3.8) is 0 Å². The van der Waals surface area contributed by atoms with Gasteiger partial charge in [0, 0.05) is 17.2 Å². The summed E-state index contributed by atoms with van der Waals surface area (Å²) in [5.41, 5.74) is 5.35. The molecule has 0 bridgehead atoms. The Bertz CT molecular complexity index is 743. The molecule has 0 amide bonds. The predicted molar refractivity (Wildman–Crippen MR) is 86.1 cm³/mol. The second-order valence-electron chi connectivity index (χ2n) is 5.71. The summed E-state index contributed by atoms with van der Waals surface area (Å²) < 4.78 is 0. The minimum atomic E-state index is 0.190. The van der Waals surface area contributed by atoms with E-state index >= 15 is 0 Å². The lowest BCUT2D eigenvalue weighted by atomic mass is 9.84. The van der Waals surface area contributed by atoms with Crippen LogP contribution in [0.3, 0.4) is 0 Å². The van der Waals surface area contributed by atoms with E-state index in [4.69, 9.17) is 0 Å². The summed E-state index contributed by atoms with van der Waals surface area (Å²) in [5, 5.41) is 0. The van der Waals surface area contributed by atoms with E-state index in [1.54, 1.807) is 0 Å². The van der Waals surface area contributed by atoms with E-state index in [0.717, 1.165) is 5.69 Å². The highest BCUT2D eigenvalue weighted by atomic mass is 14.7. The molecule has 0 spiro atoms. The normalized spacial score (nSPS) is 15.6. The molecule has 1 aromatic heterocycles. The van der Waals surface area contributed by atoms with E-state index in [1.165, 1.54) is 29.5 Å². The maximum absolute atomic E-state index is 4.54. The molecule has 1 nitrogen and oxygen atoms in total. The molecule has 1 fully saturated rings. The Morgan fingerprint density at radius 3 is 2.14 bits per heavy atom. The van der Waals surface area contributed by atoms with Gasteiger partial charge in [-0.25, -0.2) is 0 Å². The fourth-order valence-electron chi connectivity index (χ4n) is 3.24. The Kier molecular flexibility index (Phi) is 2.85. The first kappa shape index (κ1) is 12.3. The Morgan fingerprint density at radius 2 is 1.43 bits per heavy atom. The van der Waals surface area contributed by atoms with E-state index in [0.29, 0.717) is 0 Å². The summed E-state index contributed by atoms with van der Waals surface area (Å²) in [5.74, 6) is 0. The molecule has 1 saturated carbocycles. The largest absolute Gasteiger partial charge is 0.256 e. The van der Waals surface area contributed by atoms with Crippen molar-refractivity contribution in [2.75, 3.05) is 0 Å². The van der Waals surface area contributed by atoms with Gasteiger partial charge in [-0.15, -0.1) is 0 Å². The molecule has 3 aromatic rings. The zero-order chi connectivity index (χ0) is 14.1. The fourth-order valence-corrected chi connectivity index (χ4v) is 3.24. The lowest BCUT2D eigenvalue weighted by molar-refractivity contribution is 0.849. The number of nitrogens with zero attached hydrogens (tertiary/aromatic N) is 1. The second kappa shape index (κ2) is 4.85. The van der Waals surface area contributed by atoms with Gasteiger partial charge < -0.3 is 0 Å². The third-order valence-electron chi connectivity index (χ3n) is 4.46. The fraction of sp³-hybridized carbons (Fsp3) is 0.150. The second-order valence-corrected chi connectivity index (χ2v) is 5.71. The summed E-state index contributed by atoms with van der Waals surface area (Å²) >= 11 is 0. The van der Waals surface area contributed by atoms with Crippen molar-refractivity contribution in [3.8, 4) is 11.3 Å². The van der Waals surface area contributed by atoms with Crippen LogP contribution in [0.25, 0.3) is 11.3 Å². The van der Waals surface area contributed by atoms with Crippen LogP contribution in [0.15, 0.2) is 79.0 Å². The first-order valence-electron chi connectivity index (χ1n) is 7.47. The molecule has 1 heteroatoms. The number of rotatable bonds is 3. The molecule has 21 heavy (non-hydrogen) atoms. The molecule has 102 valence electrons. The van der Waals surface area contributed by atoms with Crippen LogP contribution >= 0.6 is 0 Å². The standard InChI is InChI=1S/C20H17N/c1-2-8-16(9-3-1)20(13-14-20)18-11-5-4-10-17(18)19-12-6-7-15-21-19/h1-12,15H,13-14H2. The zero-order valence-corrected chi connectivity index (χ0v) is 11.9. The molecule has 0 radical (unpaired) electrons. The van der Waals surface area contributed by atoms with Gasteiger partial charge in [0.2, 0.25) is 0 Å². The molecule has 0 N–H and O–H groups in total. The average Bonchev–Trinajstić information content (AvgIpc) is 3.38. The lowest BCUT2D eigenvalue weighted by Crippen LogP contribution is -2.10. The maximum Gasteiger partial charge on any atom is 0.0705 e. The highest BCUT2D eigenvalue weighted by molar-refractivity contribution is 5.68. The molecular formula is C20H17N. The molecule has 1 aliphatic rings. The number of hydrogen-bond donors (Lipinski definition) is 0. The smallest absolute Gasteiger partial charge is 0.0705 e. The summed E-state index contributed by atoms with van der Waals surface area (Å²) in [6, 6.07) is 25.7. The monoisotopic (exact) mass is 271 g/mol. The van der Waals surface area contributed by atoms with E-state index in [-0.39, 0.29) is 5.41 Å². The highest BCUT2D eigenvalue weighted by Crippen LogP contribution is 2.55. The number of aromatic nitrogens is 1. The van der Waals surface area contributed by atoms with Crippen LogP contribution in [0.4, 0.5) is 0 Å². The van der Waals surface area contributed by atoms with Crippen LogP contribution < -0.4 is 0 Å². The Morgan fingerprint density at radius 1 is 0.714 bits per heavy atom. The van der Waals surface area contributed by atoms with Crippen LogP contribution in [-0.2, 0) is 5.41 Å². The van der Waals surface area contributed by atoms with E-state index < -0.39 is 0 Å². The van der Waals surface area contributed by atoms with Gasteiger partial charge in [-0.2, -0.15) is 0 Å². The van der Waals surface area contributed by atoms with Crippen molar-refractivity contribution >= 4 is 0 Å². The van der Waals surface area contributed by atoms with Gasteiger partial charge in [-0.1, -0.05) is 60.7 Å². The third-order valence-corrected chi connectivity index (χ3v) is 4.46. The van der Waals surface area contributed by atoms with Crippen molar-refractivity contribution < 1.29 is 0 Å². The quantitative estimate of drug-likeness (QED) is 0.665. The van der Waals surface area contributed by atoms with Gasteiger partial charge in [0.05, 0.1) is 5.69 Å². The summed E-state index contributed by atoms with van der Waals surface area (Å²) in [6.07, 6.45) is 4.32. The number of hydrogen-bond acceptors (Lipinski definition) is 1. The van der Waals surface area contributed by atoms with Crippen molar-refractivity contribution in [1.29, 1.82) is 0 Å². The maximum atomic E-state index is 4.54. The minimum absolute atomic E-state index is 0.190. The molecule has 0 atom stereocenters. The van der Waals surface area contributed by atoms with Gasteiger partial charge in [0.1, 0.15) is 0 Å². The number of pyridine rings is 1. The number of benzene rings is 2. The Balaban J connectivity index is 1.87. The predicted octanol–water partition coefficient (Wildman–Crippen LogP) is 4.83. The molecule has 2 aromatic carbocycles. The van der Waals surface area contributed by atoms with Gasteiger partial charge in [-0.3, -0.25) is 4.98 Å². The van der Waals surface area contributed by atoms with Gasteiger partial charge in [0.15, 0.2) is 0 Å². The van der Waals surface area contributed by atoms with Gasteiger partial charge in [0.25, 0.3) is 0 Å². The Labute approximate surface area is 125 Å². The first-order valence-corrected chi connectivity index (χ1v) is 7.47. The molecule has 1 aliphatic carbocycles. The van der Waals surface area contributed by atoms with Crippen molar-refractivity contribution in [1.82, 2.24) is 4.98 Å². The molecule has 1 heterocycles. The molecular weight excluding hydrogens is 254 g/mol. The topological polar surface area (TPSA) is 12.9 Å². The van der Waals surface area contributed by atoms with E-state index in [2.05, 4.69) is 71.7 Å². The molecule has 0 saturated heterocycles. The van der Waals surface area contributed by atoms with Crippen LogP contribution in [0.2, 0.25) is 0 Å². The van der Waals surface area contributed by atoms with Crippen molar-refractivity contribution in [3.05, 3.63) is 90.1 Å². The van der Waals surface area contributed by atoms with Gasteiger partial charge in [-0.05, 0) is 36.1 Å². The van der Waals surface area contributed by atoms with E-state index in [1.807, 2.05) is 12.3 Å². The van der Waals surface area contributed by atoms with Crippen LogP contribution in [0.1, 0.15) is 24.0 Å². The minimum Gasteiger partial charge on any atom is -0.256 e. The van der Waals surface area contributed by atoms with Crippen LogP contribution in [0, 0.1) is 0 Å². The molecule has 0 unspecified atom stereocenters. The molecule has 0 aliphatic heterocycles. The van der Waals surface area contributed by atoms with Crippen LogP contribution in [-0.4, -0.2) is 4.98 Å². The van der Waals surface area contributed by atoms with E-state index in [9.17, 15) is 0 Å². The zero-order valence-electron chi connectivity index (χ0n) is 11.9. The van der Waals surface area contributed by atoms with Crippen molar-refractivity contribution in [2.45, 2.75) is 18.3 Å². The highest BCUT2D eigenvalue weighted by Gasteiger charge is 2.46. The first-order chi connectivity index (χ1) is 10.4. The summed E-state index contributed by atoms with van der Waals surface area (Å²) in [7, 11) is 0. The lowest BCUT2D eigenvalue weighted by Gasteiger charge is -2.20. The van der Waals surface area contributed by atoms with Crippen molar-refractivity contribution in [2.24, 2.45) is 0 Å². The summed E-state index contributed by atoms with van der Waals surface area (Å²) in [6.45, 7) is 0. The summed E-state index contributed by atoms with van der Waals surface area (Å²) in [4.78, 5) is 4.54. The third kappa shape index (κ3) is 2.06. The van der Waals surface area contributed by atoms with Crippen LogP contribution in [0.5, 0.6) is 0 Å².